The van der Waals surface area contributed by atoms with E-state index in [9.17, 15) is 28.5 Å². The van der Waals surface area contributed by atoms with Crippen LogP contribution in [0.5, 0.6) is 0 Å². The maximum absolute atomic E-state index is 12.5. The van der Waals surface area contributed by atoms with Crippen molar-refractivity contribution in [2.24, 2.45) is 0 Å². The molecule has 0 saturated heterocycles. The standard InChI is InChI=1S/C18H20N3O10P/c22-14(7-8-21-15(23)5-6-16(21)24)19-13-3-1-12(2-4-13)18(27)20(11-17(25)26)9-10-31-32(28,29)30/h1-6H,7-11H2,(H,19,22)(H,25,26)(H2,28,29,30). The lowest BCUT2D eigenvalue weighted by molar-refractivity contribution is -0.138. The predicted octanol–water partition coefficient (Wildman–Crippen LogP) is -0.424. The molecule has 0 saturated carbocycles. The Morgan fingerprint density at radius 3 is 2.19 bits per heavy atom. The van der Waals surface area contributed by atoms with Crippen LogP contribution in [0.2, 0.25) is 0 Å². The molecule has 14 heteroatoms. The number of nitrogens with one attached hydrogen (secondary N) is 1. The topological polar surface area (TPSA) is 191 Å². The van der Waals surface area contributed by atoms with Crippen molar-refractivity contribution in [2.75, 3.05) is 31.6 Å². The number of carboxylic acids is 1. The summed E-state index contributed by atoms with van der Waals surface area (Å²) in [6, 6.07) is 5.44. The van der Waals surface area contributed by atoms with Gasteiger partial charge in [0.15, 0.2) is 0 Å². The molecular formula is C18H20N3O10P. The molecular weight excluding hydrogens is 449 g/mol. The summed E-state index contributed by atoms with van der Waals surface area (Å²) in [6.07, 6.45) is 2.09. The summed E-state index contributed by atoms with van der Waals surface area (Å²) in [7, 11) is -4.77. The number of phosphoric ester groups is 1. The van der Waals surface area contributed by atoms with Crippen molar-refractivity contribution in [3.63, 3.8) is 0 Å². The lowest BCUT2D eigenvalue weighted by Gasteiger charge is -2.21. The van der Waals surface area contributed by atoms with E-state index in [0.717, 1.165) is 22.0 Å². The second kappa shape index (κ2) is 10.8. The summed E-state index contributed by atoms with van der Waals surface area (Å²) in [5, 5.41) is 11.5. The number of aliphatic carboxylic acids is 1. The van der Waals surface area contributed by atoms with Gasteiger partial charge in [-0.1, -0.05) is 0 Å². The first kappa shape index (κ1) is 24.9. The average Bonchev–Trinajstić information content (AvgIpc) is 3.02. The van der Waals surface area contributed by atoms with Crippen LogP contribution in [0.3, 0.4) is 0 Å². The lowest BCUT2D eigenvalue weighted by atomic mass is 10.1. The van der Waals surface area contributed by atoms with E-state index in [2.05, 4.69) is 9.84 Å². The first-order chi connectivity index (χ1) is 15.0. The number of anilines is 1. The molecule has 4 N–H and O–H groups in total. The second-order valence-electron chi connectivity index (χ2n) is 6.48. The maximum Gasteiger partial charge on any atom is 0.469 e. The average molecular weight is 469 g/mol. The van der Waals surface area contributed by atoms with Gasteiger partial charge in [0.25, 0.3) is 17.7 Å². The van der Waals surface area contributed by atoms with Crippen LogP contribution in [-0.2, 0) is 28.3 Å². The number of carbonyl (C=O) groups excluding carboxylic acids is 4. The SMILES string of the molecule is O=C(O)CN(CCOP(=O)(O)O)C(=O)c1ccc(NC(=O)CCN2C(=O)C=CC2=O)cc1. The van der Waals surface area contributed by atoms with Crippen molar-refractivity contribution in [3.8, 4) is 0 Å². The highest BCUT2D eigenvalue weighted by molar-refractivity contribution is 7.46. The van der Waals surface area contributed by atoms with Crippen LogP contribution in [0.1, 0.15) is 16.8 Å². The van der Waals surface area contributed by atoms with Gasteiger partial charge in [-0.05, 0) is 24.3 Å². The van der Waals surface area contributed by atoms with E-state index in [0.29, 0.717) is 5.69 Å². The Bertz CT molecular complexity index is 967. The van der Waals surface area contributed by atoms with E-state index in [4.69, 9.17) is 14.9 Å². The van der Waals surface area contributed by atoms with Crippen molar-refractivity contribution in [1.82, 2.24) is 9.80 Å². The van der Waals surface area contributed by atoms with Crippen molar-refractivity contribution >= 4 is 43.1 Å². The number of carboxylic acid groups (broad SMARTS) is 1. The van der Waals surface area contributed by atoms with Gasteiger partial charge in [0.05, 0.1) is 6.61 Å². The van der Waals surface area contributed by atoms with Crippen molar-refractivity contribution in [2.45, 2.75) is 6.42 Å². The zero-order valence-electron chi connectivity index (χ0n) is 16.5. The monoisotopic (exact) mass is 469 g/mol. The summed E-state index contributed by atoms with van der Waals surface area (Å²) in [6.45, 7) is -1.76. The van der Waals surface area contributed by atoms with Gasteiger partial charge in [-0.3, -0.25) is 33.4 Å². The largest absolute Gasteiger partial charge is 0.480 e. The number of benzene rings is 1. The highest BCUT2D eigenvalue weighted by atomic mass is 31.2. The molecule has 0 aromatic heterocycles. The minimum Gasteiger partial charge on any atom is -0.480 e. The molecule has 32 heavy (non-hydrogen) atoms. The second-order valence-corrected chi connectivity index (χ2v) is 7.72. The Balaban J connectivity index is 1.93. The van der Waals surface area contributed by atoms with Crippen LogP contribution in [0.4, 0.5) is 5.69 Å². The van der Waals surface area contributed by atoms with Gasteiger partial charge in [-0.25, -0.2) is 4.57 Å². The molecule has 172 valence electrons. The molecule has 1 aliphatic rings. The molecule has 0 unspecified atom stereocenters. The number of carbonyl (C=O) groups is 5. The van der Waals surface area contributed by atoms with E-state index in [-0.39, 0.29) is 25.1 Å². The fraction of sp³-hybridized carbons (Fsp3) is 0.278. The quantitative estimate of drug-likeness (QED) is 0.244. The minimum absolute atomic E-state index is 0.0692. The fourth-order valence-electron chi connectivity index (χ4n) is 2.65. The third-order valence-corrected chi connectivity index (χ3v) is 4.63. The van der Waals surface area contributed by atoms with Crippen LogP contribution >= 0.6 is 7.82 Å². The van der Waals surface area contributed by atoms with E-state index >= 15 is 0 Å². The van der Waals surface area contributed by atoms with Gasteiger partial charge in [-0.15, -0.1) is 0 Å². The van der Waals surface area contributed by atoms with Gasteiger partial charge >= 0.3 is 13.8 Å². The number of rotatable bonds is 11. The maximum atomic E-state index is 12.5. The summed E-state index contributed by atoms with van der Waals surface area (Å²) in [5.41, 5.74) is 0.387. The molecule has 0 bridgehead atoms. The zero-order chi connectivity index (χ0) is 23.9. The molecule has 1 aromatic rings. The van der Waals surface area contributed by atoms with Crippen LogP contribution < -0.4 is 5.32 Å². The molecule has 0 aliphatic carbocycles. The Kier molecular flexibility index (Phi) is 8.38. The predicted molar refractivity (Wildman–Crippen MR) is 107 cm³/mol. The molecule has 13 nitrogen and oxygen atoms in total. The number of hydrogen-bond donors (Lipinski definition) is 4. The number of nitrogens with zero attached hydrogens (tertiary/aromatic N) is 2. The molecule has 0 fully saturated rings. The van der Waals surface area contributed by atoms with Gasteiger partial charge in [0.2, 0.25) is 5.91 Å². The molecule has 4 amide bonds. The van der Waals surface area contributed by atoms with Crippen molar-refractivity contribution in [1.29, 1.82) is 0 Å². The Morgan fingerprint density at radius 2 is 1.66 bits per heavy atom. The van der Waals surface area contributed by atoms with E-state index in [1.165, 1.54) is 24.3 Å². The third-order valence-electron chi connectivity index (χ3n) is 4.11. The van der Waals surface area contributed by atoms with E-state index < -0.39 is 50.6 Å². The molecule has 0 radical (unpaired) electrons. The smallest absolute Gasteiger partial charge is 0.469 e. The van der Waals surface area contributed by atoms with Crippen LogP contribution in [0.15, 0.2) is 36.4 Å². The molecule has 1 aromatic carbocycles. The summed E-state index contributed by atoms with van der Waals surface area (Å²) in [4.78, 5) is 77.6. The number of hydrogen-bond acceptors (Lipinski definition) is 7. The first-order valence-electron chi connectivity index (χ1n) is 9.11. The Hall–Kier alpha value is -3.38. The molecule has 1 aliphatic heterocycles. The molecule has 1 heterocycles. The van der Waals surface area contributed by atoms with Crippen LogP contribution in [-0.4, -0.2) is 80.5 Å². The van der Waals surface area contributed by atoms with Gasteiger partial charge in [0, 0.05) is 42.9 Å². The van der Waals surface area contributed by atoms with Gasteiger partial charge < -0.3 is 25.1 Å². The molecule has 0 spiro atoms. The van der Waals surface area contributed by atoms with Gasteiger partial charge in [0.1, 0.15) is 6.54 Å². The lowest BCUT2D eigenvalue weighted by Crippen LogP contribution is -2.38. The van der Waals surface area contributed by atoms with Crippen LogP contribution in [0.25, 0.3) is 0 Å². The van der Waals surface area contributed by atoms with Crippen molar-refractivity contribution < 1.29 is 48.0 Å². The number of imide groups is 1. The summed E-state index contributed by atoms with van der Waals surface area (Å²) in [5.74, 6) is -3.52. The van der Waals surface area contributed by atoms with Gasteiger partial charge in [-0.2, -0.15) is 0 Å². The van der Waals surface area contributed by atoms with Crippen LogP contribution in [0, 0.1) is 0 Å². The molecule has 2 rings (SSSR count). The highest BCUT2D eigenvalue weighted by Crippen LogP contribution is 2.35. The summed E-state index contributed by atoms with van der Waals surface area (Å²) >= 11 is 0. The van der Waals surface area contributed by atoms with E-state index in [1.54, 1.807) is 0 Å². The normalized spacial score (nSPS) is 13.4. The fourth-order valence-corrected chi connectivity index (χ4v) is 2.97. The third kappa shape index (κ3) is 7.71. The zero-order valence-corrected chi connectivity index (χ0v) is 17.4. The number of phosphoric acid groups is 1. The Labute approximate surface area is 181 Å². The highest BCUT2D eigenvalue weighted by Gasteiger charge is 2.24. The summed E-state index contributed by atoms with van der Waals surface area (Å²) < 4.78 is 15.0. The Morgan fingerprint density at radius 1 is 1.06 bits per heavy atom. The number of amides is 4. The van der Waals surface area contributed by atoms with Crippen molar-refractivity contribution in [3.05, 3.63) is 42.0 Å². The van der Waals surface area contributed by atoms with E-state index in [1.807, 2.05) is 0 Å². The molecule has 0 atom stereocenters. The minimum atomic E-state index is -4.77. The first-order valence-corrected chi connectivity index (χ1v) is 10.6.